The van der Waals surface area contributed by atoms with Crippen molar-refractivity contribution in [2.24, 2.45) is 0 Å². The van der Waals surface area contributed by atoms with Gasteiger partial charge in [-0.1, -0.05) is 12.1 Å². The molecule has 0 amide bonds. The highest BCUT2D eigenvalue weighted by Gasteiger charge is 2.28. The molecule has 1 aliphatic rings. The van der Waals surface area contributed by atoms with Crippen molar-refractivity contribution in [3.8, 4) is 5.75 Å². The van der Waals surface area contributed by atoms with Gasteiger partial charge in [0.1, 0.15) is 5.75 Å². The van der Waals surface area contributed by atoms with E-state index in [1.54, 1.807) is 12.1 Å². The molecule has 1 fully saturated rings. The lowest BCUT2D eigenvalue weighted by atomic mass is 10.1. The fraction of sp³-hybridized carbons (Fsp3) is 0.571. The van der Waals surface area contributed by atoms with Gasteiger partial charge in [0.15, 0.2) is 6.61 Å². The Morgan fingerprint density at radius 2 is 2.00 bits per heavy atom. The number of halogens is 3. The fourth-order valence-corrected chi connectivity index (χ4v) is 2.21. The Hall–Kier alpha value is -1.27. The summed E-state index contributed by atoms with van der Waals surface area (Å²) in [4.78, 5) is 2.35. The molecule has 0 bridgehead atoms. The maximum absolute atomic E-state index is 12.0. The summed E-state index contributed by atoms with van der Waals surface area (Å²) >= 11 is 0. The zero-order chi connectivity index (χ0) is 14.6. The second-order valence-electron chi connectivity index (χ2n) is 5.07. The highest BCUT2D eigenvalue weighted by Crippen LogP contribution is 2.19. The Morgan fingerprint density at radius 3 is 2.60 bits per heavy atom. The smallest absolute Gasteiger partial charge is 0.422 e. The van der Waals surface area contributed by atoms with Crippen molar-refractivity contribution >= 4 is 0 Å². The number of benzene rings is 1. The third-order valence-electron chi connectivity index (χ3n) is 3.35. The minimum Gasteiger partial charge on any atom is -0.484 e. The van der Waals surface area contributed by atoms with Crippen LogP contribution in [-0.4, -0.2) is 43.4 Å². The van der Waals surface area contributed by atoms with Gasteiger partial charge in [-0.05, 0) is 24.6 Å². The molecule has 20 heavy (non-hydrogen) atoms. The maximum atomic E-state index is 12.0. The first-order chi connectivity index (χ1) is 9.44. The third kappa shape index (κ3) is 4.68. The van der Waals surface area contributed by atoms with Gasteiger partial charge in [-0.25, -0.2) is 0 Å². The van der Waals surface area contributed by atoms with Crippen molar-refractivity contribution in [2.45, 2.75) is 25.7 Å². The molecule has 6 heteroatoms. The molecular weight excluding hydrogens is 269 g/mol. The van der Waals surface area contributed by atoms with Crippen molar-refractivity contribution < 1.29 is 17.9 Å². The van der Waals surface area contributed by atoms with Crippen LogP contribution in [0.4, 0.5) is 13.2 Å². The van der Waals surface area contributed by atoms with Crippen LogP contribution in [0.25, 0.3) is 0 Å². The van der Waals surface area contributed by atoms with Crippen LogP contribution < -0.4 is 10.1 Å². The summed E-state index contributed by atoms with van der Waals surface area (Å²) in [5, 5.41) is 3.32. The Kier molecular flexibility index (Phi) is 4.88. The van der Waals surface area contributed by atoms with Crippen LogP contribution in [0.2, 0.25) is 0 Å². The number of alkyl halides is 3. The molecule has 0 aromatic heterocycles. The second-order valence-corrected chi connectivity index (χ2v) is 5.07. The molecule has 1 N–H and O–H groups in total. The largest absolute Gasteiger partial charge is 0.484 e. The van der Waals surface area contributed by atoms with E-state index in [0.717, 1.165) is 31.7 Å². The van der Waals surface area contributed by atoms with Gasteiger partial charge in [0, 0.05) is 32.2 Å². The van der Waals surface area contributed by atoms with E-state index in [-0.39, 0.29) is 5.75 Å². The van der Waals surface area contributed by atoms with Crippen LogP contribution in [0.5, 0.6) is 5.75 Å². The van der Waals surface area contributed by atoms with Gasteiger partial charge in [-0.15, -0.1) is 0 Å². The Morgan fingerprint density at radius 1 is 1.30 bits per heavy atom. The Bertz CT molecular complexity index is 419. The lowest BCUT2D eigenvalue weighted by Gasteiger charge is -2.33. The molecule has 0 saturated carbocycles. The molecule has 1 saturated heterocycles. The van der Waals surface area contributed by atoms with Crippen LogP contribution >= 0.6 is 0 Å². The molecule has 1 heterocycles. The van der Waals surface area contributed by atoms with Gasteiger partial charge < -0.3 is 10.1 Å². The number of nitrogens with zero attached hydrogens (tertiary/aromatic N) is 1. The molecule has 0 aliphatic carbocycles. The summed E-state index contributed by atoms with van der Waals surface area (Å²) in [6.07, 6.45) is -4.30. The monoisotopic (exact) mass is 288 g/mol. The van der Waals surface area contributed by atoms with Crippen molar-refractivity contribution in [3.05, 3.63) is 29.8 Å². The maximum Gasteiger partial charge on any atom is 0.422 e. The van der Waals surface area contributed by atoms with Crippen LogP contribution in [0.1, 0.15) is 12.5 Å². The quantitative estimate of drug-likeness (QED) is 0.921. The van der Waals surface area contributed by atoms with Gasteiger partial charge in [-0.3, -0.25) is 4.90 Å². The summed E-state index contributed by atoms with van der Waals surface area (Å²) in [5.74, 6) is 0.249. The van der Waals surface area contributed by atoms with E-state index in [4.69, 9.17) is 0 Å². The average Bonchev–Trinajstić information content (AvgIpc) is 2.40. The van der Waals surface area contributed by atoms with Crippen LogP contribution in [-0.2, 0) is 6.54 Å². The van der Waals surface area contributed by atoms with Crippen LogP contribution in [0, 0.1) is 0 Å². The molecule has 0 spiro atoms. The predicted octanol–water partition coefficient (Wildman–Crippen LogP) is 2.42. The summed E-state index contributed by atoms with van der Waals surface area (Å²) in [6, 6.07) is 7.29. The van der Waals surface area contributed by atoms with Gasteiger partial charge in [0.05, 0.1) is 0 Å². The highest BCUT2D eigenvalue weighted by molar-refractivity contribution is 5.27. The molecular formula is C14H19F3N2O. The lowest BCUT2D eigenvalue weighted by molar-refractivity contribution is -0.153. The predicted molar refractivity (Wildman–Crippen MR) is 70.7 cm³/mol. The van der Waals surface area contributed by atoms with Gasteiger partial charge in [0.2, 0.25) is 0 Å². The summed E-state index contributed by atoms with van der Waals surface area (Å²) in [6.45, 7) is 4.63. The minimum absolute atomic E-state index is 0.249. The summed E-state index contributed by atoms with van der Waals surface area (Å²) in [7, 11) is 0. The number of rotatable bonds is 4. The third-order valence-corrected chi connectivity index (χ3v) is 3.35. The van der Waals surface area contributed by atoms with Crippen molar-refractivity contribution in [1.29, 1.82) is 0 Å². The second kappa shape index (κ2) is 6.45. The van der Waals surface area contributed by atoms with Crippen LogP contribution in [0.3, 0.4) is 0 Å². The van der Waals surface area contributed by atoms with Gasteiger partial charge in [0.25, 0.3) is 0 Å². The van der Waals surface area contributed by atoms with E-state index in [9.17, 15) is 13.2 Å². The summed E-state index contributed by atoms with van der Waals surface area (Å²) < 4.78 is 40.8. The molecule has 1 aromatic rings. The molecule has 2 rings (SSSR count). The molecule has 3 nitrogen and oxygen atoms in total. The first kappa shape index (κ1) is 15.1. The van der Waals surface area contributed by atoms with E-state index in [2.05, 4.69) is 21.9 Å². The van der Waals surface area contributed by atoms with E-state index in [1.165, 1.54) is 0 Å². The average molecular weight is 288 g/mol. The lowest BCUT2D eigenvalue weighted by Crippen LogP contribution is -2.49. The normalized spacial score (nSPS) is 20.9. The molecule has 1 aliphatic heterocycles. The summed E-state index contributed by atoms with van der Waals surface area (Å²) in [5.41, 5.74) is 1.08. The molecule has 0 unspecified atom stereocenters. The Balaban J connectivity index is 1.88. The highest BCUT2D eigenvalue weighted by atomic mass is 19.4. The molecule has 0 radical (unpaired) electrons. The zero-order valence-electron chi connectivity index (χ0n) is 11.4. The zero-order valence-corrected chi connectivity index (χ0v) is 11.4. The minimum atomic E-state index is -4.30. The fourth-order valence-electron chi connectivity index (χ4n) is 2.21. The number of hydrogen-bond donors (Lipinski definition) is 1. The molecule has 1 aromatic carbocycles. The van der Waals surface area contributed by atoms with Crippen LogP contribution in [0.15, 0.2) is 24.3 Å². The van der Waals surface area contributed by atoms with Crippen molar-refractivity contribution in [2.75, 3.05) is 26.2 Å². The Labute approximate surface area is 116 Å². The molecule has 112 valence electrons. The molecule has 1 atom stereocenters. The van der Waals surface area contributed by atoms with Crippen molar-refractivity contribution in [3.63, 3.8) is 0 Å². The van der Waals surface area contributed by atoms with E-state index in [0.29, 0.717) is 6.04 Å². The van der Waals surface area contributed by atoms with E-state index in [1.807, 2.05) is 12.1 Å². The number of nitrogens with one attached hydrogen (secondary N) is 1. The standard InChI is InChI=1S/C14H19F3N2O/c1-11-8-18-6-7-19(11)9-12-2-4-13(5-3-12)20-10-14(15,16)17/h2-5,11,18H,6-10H2,1H3/t11-/m0/s1. The van der Waals surface area contributed by atoms with Gasteiger partial charge in [-0.2, -0.15) is 13.2 Å². The topological polar surface area (TPSA) is 24.5 Å². The SMILES string of the molecule is C[C@H]1CNCCN1Cc1ccc(OCC(F)(F)F)cc1. The van der Waals surface area contributed by atoms with Crippen molar-refractivity contribution in [1.82, 2.24) is 10.2 Å². The van der Waals surface area contributed by atoms with Gasteiger partial charge >= 0.3 is 6.18 Å². The van der Waals surface area contributed by atoms with E-state index >= 15 is 0 Å². The number of piperazine rings is 1. The van der Waals surface area contributed by atoms with E-state index < -0.39 is 12.8 Å². The number of hydrogen-bond acceptors (Lipinski definition) is 3. The number of ether oxygens (including phenoxy) is 1. The first-order valence-corrected chi connectivity index (χ1v) is 6.67. The first-order valence-electron chi connectivity index (χ1n) is 6.67.